The summed E-state index contributed by atoms with van der Waals surface area (Å²) in [6, 6.07) is 9.95. The van der Waals surface area contributed by atoms with Crippen molar-refractivity contribution in [3.63, 3.8) is 0 Å². The number of rotatable bonds is 3. The van der Waals surface area contributed by atoms with Gasteiger partial charge in [0.25, 0.3) is 0 Å². The summed E-state index contributed by atoms with van der Waals surface area (Å²) in [6.07, 6.45) is 0.197. The zero-order valence-electron chi connectivity index (χ0n) is 13.2. The first-order chi connectivity index (χ1) is 10.9. The number of hydrogen-bond donors (Lipinski definition) is 1. The van der Waals surface area contributed by atoms with Crippen molar-refractivity contribution in [1.29, 1.82) is 0 Å². The van der Waals surface area contributed by atoms with Crippen molar-refractivity contribution in [3.8, 4) is 0 Å². The van der Waals surface area contributed by atoms with Crippen molar-refractivity contribution in [2.45, 2.75) is 27.2 Å². The Kier molecular flexibility index (Phi) is 4.39. The van der Waals surface area contributed by atoms with Crippen molar-refractivity contribution in [3.05, 3.63) is 56.3 Å². The Bertz CT molecular complexity index is 899. The van der Waals surface area contributed by atoms with Crippen LogP contribution in [0.25, 0.3) is 11.0 Å². The highest BCUT2D eigenvalue weighted by molar-refractivity contribution is 14.1. The molecule has 5 heteroatoms. The van der Waals surface area contributed by atoms with Crippen LogP contribution in [0.1, 0.15) is 22.4 Å². The standard InChI is InChI=1S/C18H17IN2O2/c1-10-6-12(3)18-15(21-23-16(18)7-10)9-17(22)20-14-5-4-13(19)8-11(14)2/h4-8H,9H2,1-3H3,(H,20,22). The highest BCUT2D eigenvalue weighted by Gasteiger charge is 2.15. The van der Waals surface area contributed by atoms with Gasteiger partial charge in [-0.25, -0.2) is 0 Å². The first-order valence-electron chi connectivity index (χ1n) is 7.35. The summed E-state index contributed by atoms with van der Waals surface area (Å²) < 4.78 is 6.52. The van der Waals surface area contributed by atoms with Crippen molar-refractivity contribution in [2.24, 2.45) is 0 Å². The maximum atomic E-state index is 12.3. The molecular weight excluding hydrogens is 403 g/mol. The molecule has 0 radical (unpaired) electrons. The molecule has 0 bridgehead atoms. The van der Waals surface area contributed by atoms with E-state index >= 15 is 0 Å². The van der Waals surface area contributed by atoms with Crippen LogP contribution < -0.4 is 5.32 Å². The SMILES string of the molecule is Cc1cc(C)c2c(CC(=O)Nc3ccc(I)cc3C)noc2c1. The van der Waals surface area contributed by atoms with E-state index in [0.29, 0.717) is 5.69 Å². The number of nitrogens with zero attached hydrogens (tertiary/aromatic N) is 1. The molecule has 4 nitrogen and oxygen atoms in total. The predicted molar refractivity (Wildman–Crippen MR) is 99.7 cm³/mol. The van der Waals surface area contributed by atoms with Gasteiger partial charge in [-0.15, -0.1) is 0 Å². The second kappa shape index (κ2) is 6.31. The fourth-order valence-electron chi connectivity index (χ4n) is 2.75. The molecular formula is C18H17IN2O2. The van der Waals surface area contributed by atoms with Crippen LogP contribution in [0.15, 0.2) is 34.9 Å². The van der Waals surface area contributed by atoms with Gasteiger partial charge in [0.2, 0.25) is 5.91 Å². The number of amides is 1. The minimum Gasteiger partial charge on any atom is -0.356 e. The van der Waals surface area contributed by atoms with Crippen LogP contribution in [-0.4, -0.2) is 11.1 Å². The number of nitrogens with one attached hydrogen (secondary N) is 1. The smallest absolute Gasteiger partial charge is 0.230 e. The molecule has 0 atom stereocenters. The van der Waals surface area contributed by atoms with Gasteiger partial charge in [-0.1, -0.05) is 11.2 Å². The minimum atomic E-state index is -0.0931. The topological polar surface area (TPSA) is 55.1 Å². The van der Waals surface area contributed by atoms with E-state index in [1.165, 1.54) is 0 Å². The Labute approximate surface area is 148 Å². The van der Waals surface area contributed by atoms with Crippen molar-refractivity contribution in [1.82, 2.24) is 5.16 Å². The molecule has 0 aliphatic heterocycles. The summed E-state index contributed by atoms with van der Waals surface area (Å²) in [6.45, 7) is 6.01. The van der Waals surface area contributed by atoms with Crippen LogP contribution in [0.3, 0.4) is 0 Å². The fourth-order valence-corrected chi connectivity index (χ4v) is 3.40. The second-order valence-electron chi connectivity index (χ2n) is 5.77. The summed E-state index contributed by atoms with van der Waals surface area (Å²) in [4.78, 5) is 12.3. The van der Waals surface area contributed by atoms with E-state index in [9.17, 15) is 4.79 Å². The summed E-state index contributed by atoms with van der Waals surface area (Å²) in [5.74, 6) is -0.0931. The Morgan fingerprint density at radius 2 is 1.96 bits per heavy atom. The van der Waals surface area contributed by atoms with E-state index < -0.39 is 0 Å². The van der Waals surface area contributed by atoms with Crippen LogP contribution >= 0.6 is 22.6 Å². The fraction of sp³-hybridized carbons (Fsp3) is 0.222. The molecule has 3 rings (SSSR count). The van der Waals surface area contributed by atoms with Crippen LogP contribution in [0.5, 0.6) is 0 Å². The number of fused-ring (bicyclic) bond motifs is 1. The van der Waals surface area contributed by atoms with Gasteiger partial charge in [0.1, 0.15) is 5.69 Å². The third kappa shape index (κ3) is 3.39. The zero-order valence-corrected chi connectivity index (χ0v) is 15.4. The minimum absolute atomic E-state index is 0.0931. The molecule has 0 aliphatic carbocycles. The molecule has 0 unspecified atom stereocenters. The largest absolute Gasteiger partial charge is 0.356 e. The Morgan fingerprint density at radius 3 is 2.70 bits per heavy atom. The highest BCUT2D eigenvalue weighted by atomic mass is 127. The predicted octanol–water partition coefficient (Wildman–Crippen LogP) is 4.54. The van der Waals surface area contributed by atoms with Gasteiger partial charge < -0.3 is 9.84 Å². The van der Waals surface area contributed by atoms with E-state index in [1.807, 2.05) is 45.0 Å². The summed E-state index contributed by atoms with van der Waals surface area (Å²) in [5, 5.41) is 7.96. The van der Waals surface area contributed by atoms with Crippen LogP contribution in [0, 0.1) is 24.3 Å². The molecule has 0 fully saturated rings. The van der Waals surface area contributed by atoms with Gasteiger partial charge >= 0.3 is 0 Å². The number of aryl methyl sites for hydroxylation is 3. The average molecular weight is 420 g/mol. The van der Waals surface area contributed by atoms with Gasteiger partial charge in [-0.05, 0) is 84.3 Å². The molecule has 0 saturated carbocycles. The number of carbonyl (C=O) groups is 1. The van der Waals surface area contributed by atoms with E-state index in [4.69, 9.17) is 4.52 Å². The van der Waals surface area contributed by atoms with Crippen molar-refractivity contribution < 1.29 is 9.32 Å². The van der Waals surface area contributed by atoms with Crippen LogP contribution in [0.2, 0.25) is 0 Å². The monoisotopic (exact) mass is 420 g/mol. The molecule has 2 aromatic carbocycles. The van der Waals surface area contributed by atoms with Gasteiger partial charge in [0, 0.05) is 14.6 Å². The van der Waals surface area contributed by atoms with Crippen LogP contribution in [0.4, 0.5) is 5.69 Å². The molecule has 1 N–H and O–H groups in total. The number of carbonyl (C=O) groups excluding carboxylic acids is 1. The molecule has 0 saturated heterocycles. The molecule has 1 amide bonds. The maximum Gasteiger partial charge on any atom is 0.230 e. The Morgan fingerprint density at radius 1 is 1.17 bits per heavy atom. The lowest BCUT2D eigenvalue weighted by molar-refractivity contribution is -0.115. The van der Waals surface area contributed by atoms with E-state index in [2.05, 4.69) is 39.1 Å². The number of aromatic nitrogens is 1. The van der Waals surface area contributed by atoms with Gasteiger partial charge in [-0.2, -0.15) is 0 Å². The number of hydrogen-bond acceptors (Lipinski definition) is 3. The van der Waals surface area contributed by atoms with E-state index in [-0.39, 0.29) is 12.3 Å². The number of halogens is 1. The molecule has 0 spiro atoms. The molecule has 118 valence electrons. The van der Waals surface area contributed by atoms with Gasteiger partial charge in [0.15, 0.2) is 5.58 Å². The quantitative estimate of drug-likeness (QED) is 0.634. The van der Waals surface area contributed by atoms with Gasteiger partial charge in [-0.3, -0.25) is 4.79 Å². The first-order valence-corrected chi connectivity index (χ1v) is 8.43. The van der Waals surface area contributed by atoms with E-state index in [1.54, 1.807) is 0 Å². The summed E-state index contributed by atoms with van der Waals surface area (Å²) >= 11 is 2.25. The number of anilines is 1. The molecule has 0 aliphatic rings. The Hall–Kier alpha value is -1.89. The van der Waals surface area contributed by atoms with Crippen molar-refractivity contribution in [2.75, 3.05) is 5.32 Å². The highest BCUT2D eigenvalue weighted by Crippen LogP contribution is 2.25. The Balaban J connectivity index is 1.83. The zero-order chi connectivity index (χ0) is 16.6. The van der Waals surface area contributed by atoms with Crippen LogP contribution in [-0.2, 0) is 11.2 Å². The lowest BCUT2D eigenvalue weighted by atomic mass is 10.0. The third-order valence-corrected chi connectivity index (χ3v) is 4.45. The number of benzene rings is 2. The molecule has 23 heavy (non-hydrogen) atoms. The normalized spacial score (nSPS) is 11.0. The lowest BCUT2D eigenvalue weighted by Crippen LogP contribution is -2.15. The third-order valence-electron chi connectivity index (χ3n) is 3.78. The molecule has 1 aromatic heterocycles. The van der Waals surface area contributed by atoms with Gasteiger partial charge in [0.05, 0.1) is 6.42 Å². The molecule has 1 heterocycles. The van der Waals surface area contributed by atoms with E-state index in [0.717, 1.165) is 36.9 Å². The average Bonchev–Trinajstić information content (AvgIpc) is 2.85. The van der Waals surface area contributed by atoms with Crippen molar-refractivity contribution >= 4 is 45.2 Å². The maximum absolute atomic E-state index is 12.3. The summed E-state index contributed by atoms with van der Waals surface area (Å²) in [5.41, 5.74) is 5.48. The second-order valence-corrected chi connectivity index (χ2v) is 7.01. The lowest BCUT2D eigenvalue weighted by Gasteiger charge is -2.08. The molecule has 3 aromatic rings. The first kappa shape index (κ1) is 16.0. The summed E-state index contributed by atoms with van der Waals surface area (Å²) in [7, 11) is 0.